The lowest BCUT2D eigenvalue weighted by Crippen LogP contribution is -2.38. The van der Waals surface area contributed by atoms with Gasteiger partial charge in [0.05, 0.1) is 24.6 Å². The van der Waals surface area contributed by atoms with Gasteiger partial charge >= 0.3 is 0 Å². The molecule has 19 heavy (non-hydrogen) atoms. The van der Waals surface area contributed by atoms with Crippen molar-refractivity contribution in [3.8, 4) is 0 Å². The molecule has 2 amide bonds. The summed E-state index contributed by atoms with van der Waals surface area (Å²) in [7, 11) is 0. The van der Waals surface area contributed by atoms with Crippen LogP contribution in [0, 0.1) is 0 Å². The number of para-hydroxylation sites is 2. The van der Waals surface area contributed by atoms with Crippen molar-refractivity contribution in [3.63, 3.8) is 0 Å². The van der Waals surface area contributed by atoms with E-state index in [1.165, 1.54) is 4.90 Å². The highest BCUT2D eigenvalue weighted by molar-refractivity contribution is 6.21. The molecule has 2 saturated heterocycles. The number of carbonyl (C=O) groups excluding carboxylic acids is 2. The smallest absolute Gasteiger partial charge is 0.234 e. The van der Waals surface area contributed by atoms with Crippen LogP contribution in [0.1, 0.15) is 12.8 Å². The number of amides is 2. The van der Waals surface area contributed by atoms with Gasteiger partial charge in [0.1, 0.15) is 0 Å². The van der Waals surface area contributed by atoms with E-state index in [9.17, 15) is 9.59 Å². The molecule has 2 aliphatic heterocycles. The maximum Gasteiger partial charge on any atom is 0.234 e. The van der Waals surface area contributed by atoms with Crippen LogP contribution < -0.4 is 9.80 Å². The minimum atomic E-state index is -0.106. The molecule has 0 atom stereocenters. The fourth-order valence-electron chi connectivity index (χ4n) is 2.57. The van der Waals surface area contributed by atoms with Crippen molar-refractivity contribution in [1.82, 2.24) is 0 Å². The van der Waals surface area contributed by atoms with Crippen LogP contribution in [0.25, 0.3) is 0 Å². The van der Waals surface area contributed by atoms with Gasteiger partial charge in [-0.15, -0.1) is 0 Å². The minimum Gasteiger partial charge on any atom is -0.378 e. The van der Waals surface area contributed by atoms with Crippen molar-refractivity contribution >= 4 is 23.2 Å². The Kier molecular flexibility index (Phi) is 3.21. The number of benzene rings is 1. The van der Waals surface area contributed by atoms with Gasteiger partial charge in [-0.25, -0.2) is 4.90 Å². The van der Waals surface area contributed by atoms with Crippen molar-refractivity contribution in [1.29, 1.82) is 0 Å². The van der Waals surface area contributed by atoms with Gasteiger partial charge in [-0.2, -0.15) is 0 Å². The highest BCUT2D eigenvalue weighted by Gasteiger charge is 2.32. The largest absolute Gasteiger partial charge is 0.378 e. The summed E-state index contributed by atoms with van der Waals surface area (Å²) in [6, 6.07) is 7.59. The molecule has 0 N–H and O–H groups in total. The van der Waals surface area contributed by atoms with Crippen molar-refractivity contribution in [3.05, 3.63) is 24.3 Å². The summed E-state index contributed by atoms with van der Waals surface area (Å²) in [5, 5.41) is 0. The average molecular weight is 260 g/mol. The van der Waals surface area contributed by atoms with E-state index in [-0.39, 0.29) is 11.8 Å². The summed E-state index contributed by atoms with van der Waals surface area (Å²) in [6.45, 7) is 2.92. The molecule has 5 heteroatoms. The Labute approximate surface area is 111 Å². The maximum absolute atomic E-state index is 11.9. The number of anilines is 2. The van der Waals surface area contributed by atoms with E-state index in [2.05, 4.69) is 4.90 Å². The van der Waals surface area contributed by atoms with Crippen LogP contribution in [0.15, 0.2) is 24.3 Å². The molecule has 100 valence electrons. The molecule has 0 unspecified atom stereocenters. The van der Waals surface area contributed by atoms with Gasteiger partial charge in [0.2, 0.25) is 11.8 Å². The zero-order valence-electron chi connectivity index (χ0n) is 10.7. The normalized spacial score (nSPS) is 20.2. The Morgan fingerprint density at radius 3 is 2.11 bits per heavy atom. The second kappa shape index (κ2) is 5.01. The molecule has 2 aliphatic rings. The van der Waals surface area contributed by atoms with E-state index >= 15 is 0 Å². The third-order valence-corrected chi connectivity index (χ3v) is 3.53. The number of imide groups is 1. The van der Waals surface area contributed by atoms with Crippen LogP contribution in [0.4, 0.5) is 11.4 Å². The first-order chi connectivity index (χ1) is 9.27. The first-order valence-electron chi connectivity index (χ1n) is 6.55. The van der Waals surface area contributed by atoms with E-state index < -0.39 is 0 Å². The number of rotatable bonds is 2. The maximum atomic E-state index is 11.9. The number of hydrogen-bond acceptors (Lipinski definition) is 4. The Bertz CT molecular complexity index is 493. The summed E-state index contributed by atoms with van der Waals surface area (Å²) in [5.74, 6) is -0.212. The van der Waals surface area contributed by atoms with Crippen LogP contribution in [0.3, 0.4) is 0 Å². The lowest BCUT2D eigenvalue weighted by molar-refractivity contribution is -0.121. The Morgan fingerprint density at radius 2 is 1.47 bits per heavy atom. The van der Waals surface area contributed by atoms with Crippen LogP contribution in [0.5, 0.6) is 0 Å². The van der Waals surface area contributed by atoms with E-state index in [1.807, 2.05) is 24.3 Å². The third kappa shape index (κ3) is 2.21. The van der Waals surface area contributed by atoms with Crippen LogP contribution in [0.2, 0.25) is 0 Å². The molecule has 2 fully saturated rings. The molecule has 0 radical (unpaired) electrons. The molecule has 1 aromatic carbocycles. The van der Waals surface area contributed by atoms with Crippen molar-refractivity contribution < 1.29 is 14.3 Å². The molecule has 3 rings (SSSR count). The van der Waals surface area contributed by atoms with E-state index in [1.54, 1.807) is 0 Å². The zero-order chi connectivity index (χ0) is 13.2. The van der Waals surface area contributed by atoms with Gasteiger partial charge in [-0.1, -0.05) is 12.1 Å². The summed E-state index contributed by atoms with van der Waals surface area (Å²) >= 11 is 0. The van der Waals surface area contributed by atoms with Gasteiger partial charge in [-0.05, 0) is 12.1 Å². The molecule has 0 aromatic heterocycles. The van der Waals surface area contributed by atoms with Crippen molar-refractivity contribution in [2.24, 2.45) is 0 Å². The fourth-order valence-corrected chi connectivity index (χ4v) is 2.57. The fraction of sp³-hybridized carbons (Fsp3) is 0.429. The van der Waals surface area contributed by atoms with Gasteiger partial charge in [0.15, 0.2) is 0 Å². The average Bonchev–Trinajstić information content (AvgIpc) is 2.79. The number of ether oxygens (including phenoxy) is 1. The molecule has 0 aliphatic carbocycles. The van der Waals surface area contributed by atoms with E-state index in [4.69, 9.17) is 4.74 Å². The Balaban J connectivity index is 1.96. The number of morpholine rings is 1. The minimum absolute atomic E-state index is 0.106. The van der Waals surface area contributed by atoms with Gasteiger partial charge < -0.3 is 9.64 Å². The van der Waals surface area contributed by atoms with Crippen molar-refractivity contribution in [2.45, 2.75) is 12.8 Å². The van der Waals surface area contributed by atoms with E-state index in [0.29, 0.717) is 31.7 Å². The van der Waals surface area contributed by atoms with Crippen LogP contribution in [-0.4, -0.2) is 38.1 Å². The Hall–Kier alpha value is -1.88. The first kappa shape index (κ1) is 12.2. The lowest BCUT2D eigenvalue weighted by Gasteiger charge is -2.31. The van der Waals surface area contributed by atoms with E-state index in [0.717, 1.165) is 18.8 Å². The van der Waals surface area contributed by atoms with Gasteiger partial charge in [0, 0.05) is 25.9 Å². The quantitative estimate of drug-likeness (QED) is 0.749. The summed E-state index contributed by atoms with van der Waals surface area (Å²) in [6.07, 6.45) is 0.632. The predicted molar refractivity (Wildman–Crippen MR) is 71.2 cm³/mol. The molecule has 2 heterocycles. The Morgan fingerprint density at radius 1 is 0.895 bits per heavy atom. The molecule has 0 bridgehead atoms. The second-order valence-electron chi connectivity index (χ2n) is 4.71. The standard InChI is InChI=1S/C14H16N2O3/c17-13-5-6-14(18)16(13)12-4-2-1-3-11(12)15-7-9-19-10-8-15/h1-4H,5-10H2. The molecule has 0 saturated carbocycles. The summed E-state index contributed by atoms with van der Waals surface area (Å²) in [4.78, 5) is 27.3. The number of nitrogens with zero attached hydrogens (tertiary/aromatic N) is 2. The first-order valence-corrected chi connectivity index (χ1v) is 6.55. The molecule has 1 aromatic rings. The predicted octanol–water partition coefficient (Wildman–Crippen LogP) is 1.18. The SMILES string of the molecule is O=C1CCC(=O)N1c1ccccc1N1CCOCC1. The highest BCUT2D eigenvalue weighted by Crippen LogP contribution is 2.33. The van der Waals surface area contributed by atoms with Crippen LogP contribution in [-0.2, 0) is 14.3 Å². The topological polar surface area (TPSA) is 49.9 Å². The zero-order valence-corrected chi connectivity index (χ0v) is 10.7. The molecule has 5 nitrogen and oxygen atoms in total. The monoisotopic (exact) mass is 260 g/mol. The van der Waals surface area contributed by atoms with Crippen molar-refractivity contribution in [2.75, 3.05) is 36.1 Å². The summed E-state index contributed by atoms with van der Waals surface area (Å²) < 4.78 is 5.34. The molecular weight excluding hydrogens is 244 g/mol. The second-order valence-corrected chi connectivity index (χ2v) is 4.71. The highest BCUT2D eigenvalue weighted by atomic mass is 16.5. The third-order valence-electron chi connectivity index (χ3n) is 3.53. The molecule has 0 spiro atoms. The number of carbonyl (C=O) groups is 2. The summed E-state index contributed by atoms with van der Waals surface area (Å²) in [5.41, 5.74) is 1.64. The number of hydrogen-bond donors (Lipinski definition) is 0. The van der Waals surface area contributed by atoms with Gasteiger partial charge in [0.25, 0.3) is 0 Å². The lowest BCUT2D eigenvalue weighted by atomic mass is 10.2. The molecular formula is C14H16N2O3. The van der Waals surface area contributed by atoms with Crippen LogP contribution >= 0.6 is 0 Å². The van der Waals surface area contributed by atoms with Gasteiger partial charge in [-0.3, -0.25) is 9.59 Å².